The smallest absolute Gasteiger partial charge is 0.123 e. The second-order valence-corrected chi connectivity index (χ2v) is 7.70. The van der Waals surface area contributed by atoms with Crippen LogP contribution in [0.2, 0.25) is 0 Å². The molecule has 122 valence electrons. The first-order chi connectivity index (χ1) is 11.5. The molecule has 0 spiro atoms. The number of phenolic OH excluding ortho intramolecular Hbond substituents is 1. The van der Waals surface area contributed by atoms with E-state index in [1.54, 1.807) is 11.8 Å². The zero-order chi connectivity index (χ0) is 17.1. The average molecular weight is 336 g/mol. The van der Waals surface area contributed by atoms with E-state index in [0.29, 0.717) is 5.75 Å². The molecule has 3 heteroatoms. The van der Waals surface area contributed by atoms with Crippen molar-refractivity contribution in [3.05, 3.63) is 59.2 Å². The van der Waals surface area contributed by atoms with E-state index >= 15 is 0 Å². The van der Waals surface area contributed by atoms with Gasteiger partial charge in [0.15, 0.2) is 0 Å². The van der Waals surface area contributed by atoms with E-state index < -0.39 is 0 Å². The molecule has 0 atom stereocenters. The molecule has 24 heavy (non-hydrogen) atoms. The molecule has 4 rings (SSSR count). The third-order valence-corrected chi connectivity index (χ3v) is 6.05. The average Bonchev–Trinajstić information content (AvgIpc) is 2.82. The highest BCUT2D eigenvalue weighted by molar-refractivity contribution is 7.98. The monoisotopic (exact) mass is 336 g/mol. The van der Waals surface area contributed by atoms with Crippen molar-refractivity contribution in [3.63, 3.8) is 0 Å². The standard InChI is InChI=1S/C21H20O2S/c1-21(2)16-7-5-4-6-13(16)20-15-8-12(11-22)19(24-3)9-14(15)18(23)10-17(20)21/h4-10,22-23H,11H2,1-3H3. The zero-order valence-corrected chi connectivity index (χ0v) is 14.9. The Labute approximate surface area is 146 Å². The lowest BCUT2D eigenvalue weighted by Crippen LogP contribution is -2.14. The molecule has 0 radical (unpaired) electrons. The fourth-order valence-corrected chi connectivity index (χ4v) is 4.58. The Bertz CT molecular complexity index is 973. The largest absolute Gasteiger partial charge is 0.507 e. The SMILES string of the molecule is CSc1cc2c(O)cc3c(c2cc1CO)-c1ccccc1C3(C)C. The number of aromatic hydroxyl groups is 1. The summed E-state index contributed by atoms with van der Waals surface area (Å²) >= 11 is 1.59. The van der Waals surface area contributed by atoms with Crippen molar-refractivity contribution >= 4 is 22.5 Å². The van der Waals surface area contributed by atoms with Gasteiger partial charge in [0.1, 0.15) is 5.75 Å². The van der Waals surface area contributed by atoms with Crippen LogP contribution in [0, 0.1) is 0 Å². The van der Waals surface area contributed by atoms with Gasteiger partial charge >= 0.3 is 0 Å². The first kappa shape index (κ1) is 15.6. The summed E-state index contributed by atoms with van der Waals surface area (Å²) in [6, 6.07) is 14.4. The number of fused-ring (bicyclic) bond motifs is 5. The number of thioether (sulfide) groups is 1. The van der Waals surface area contributed by atoms with E-state index in [-0.39, 0.29) is 12.0 Å². The number of aliphatic hydroxyl groups excluding tert-OH is 1. The second-order valence-electron chi connectivity index (χ2n) is 6.86. The maximum absolute atomic E-state index is 10.7. The second kappa shape index (κ2) is 5.27. The van der Waals surface area contributed by atoms with Gasteiger partial charge in [0.05, 0.1) is 6.61 Å². The van der Waals surface area contributed by atoms with Crippen molar-refractivity contribution in [3.8, 4) is 16.9 Å². The third kappa shape index (κ3) is 1.95. The molecule has 0 amide bonds. The molecular formula is C21H20O2S. The topological polar surface area (TPSA) is 40.5 Å². The summed E-state index contributed by atoms with van der Waals surface area (Å²) in [5.41, 5.74) is 5.61. The first-order valence-corrected chi connectivity index (χ1v) is 9.29. The Hall–Kier alpha value is -1.97. The highest BCUT2D eigenvalue weighted by atomic mass is 32.2. The van der Waals surface area contributed by atoms with Gasteiger partial charge in [-0.1, -0.05) is 38.1 Å². The van der Waals surface area contributed by atoms with Gasteiger partial charge < -0.3 is 10.2 Å². The molecule has 0 aromatic heterocycles. The summed E-state index contributed by atoms with van der Waals surface area (Å²) in [5.74, 6) is 0.310. The van der Waals surface area contributed by atoms with Crippen LogP contribution in [0.25, 0.3) is 21.9 Å². The van der Waals surface area contributed by atoms with E-state index in [1.807, 2.05) is 24.5 Å². The number of rotatable bonds is 2. The Balaban J connectivity index is 2.18. The predicted octanol–water partition coefficient (Wildman–Crippen LogP) is 5.07. The zero-order valence-electron chi connectivity index (χ0n) is 14.1. The quantitative estimate of drug-likeness (QED) is 0.642. The van der Waals surface area contributed by atoms with Crippen molar-refractivity contribution in [2.75, 3.05) is 6.26 Å². The van der Waals surface area contributed by atoms with Crippen LogP contribution in [0.15, 0.2) is 47.4 Å². The van der Waals surface area contributed by atoms with Gasteiger partial charge in [-0.25, -0.2) is 0 Å². The molecule has 0 bridgehead atoms. The molecule has 0 unspecified atom stereocenters. The fourth-order valence-electron chi connectivity index (χ4n) is 3.96. The van der Waals surface area contributed by atoms with Crippen LogP contribution in [0.5, 0.6) is 5.75 Å². The highest BCUT2D eigenvalue weighted by Gasteiger charge is 2.37. The normalized spacial score (nSPS) is 14.7. The van der Waals surface area contributed by atoms with Gasteiger partial charge in [-0.05, 0) is 57.7 Å². The molecular weight excluding hydrogens is 316 g/mol. The van der Waals surface area contributed by atoms with Crippen LogP contribution in [0.4, 0.5) is 0 Å². The summed E-state index contributed by atoms with van der Waals surface area (Å²) < 4.78 is 0. The minimum atomic E-state index is -0.144. The maximum atomic E-state index is 10.7. The lowest BCUT2D eigenvalue weighted by atomic mass is 9.82. The minimum Gasteiger partial charge on any atom is -0.507 e. The van der Waals surface area contributed by atoms with Crippen molar-refractivity contribution in [2.45, 2.75) is 30.8 Å². The third-order valence-electron chi connectivity index (χ3n) is 5.23. The van der Waals surface area contributed by atoms with Gasteiger partial charge in [0.25, 0.3) is 0 Å². The fraction of sp³-hybridized carbons (Fsp3) is 0.238. The summed E-state index contributed by atoms with van der Waals surface area (Å²) in [6.45, 7) is 4.40. The first-order valence-electron chi connectivity index (χ1n) is 8.07. The van der Waals surface area contributed by atoms with Crippen LogP contribution in [-0.2, 0) is 12.0 Å². The van der Waals surface area contributed by atoms with E-state index in [0.717, 1.165) is 26.8 Å². The predicted molar refractivity (Wildman–Crippen MR) is 101 cm³/mol. The van der Waals surface area contributed by atoms with Gasteiger partial charge in [0, 0.05) is 15.7 Å². The highest BCUT2D eigenvalue weighted by Crippen LogP contribution is 2.53. The van der Waals surface area contributed by atoms with Crippen molar-refractivity contribution < 1.29 is 10.2 Å². The Morgan fingerprint density at radius 1 is 1.00 bits per heavy atom. The molecule has 0 heterocycles. The molecule has 0 saturated heterocycles. The number of benzene rings is 3. The molecule has 3 aromatic carbocycles. The van der Waals surface area contributed by atoms with Crippen molar-refractivity contribution in [1.82, 2.24) is 0 Å². The molecule has 3 aromatic rings. The summed E-state index contributed by atoms with van der Waals surface area (Å²) in [6.07, 6.45) is 1.99. The lowest BCUT2D eigenvalue weighted by molar-refractivity contribution is 0.279. The summed E-state index contributed by atoms with van der Waals surface area (Å²) in [7, 11) is 0. The number of aliphatic hydroxyl groups is 1. The Morgan fingerprint density at radius 2 is 1.75 bits per heavy atom. The lowest BCUT2D eigenvalue weighted by Gasteiger charge is -2.22. The maximum Gasteiger partial charge on any atom is 0.123 e. The van der Waals surface area contributed by atoms with E-state index in [4.69, 9.17) is 0 Å². The molecule has 2 N–H and O–H groups in total. The van der Waals surface area contributed by atoms with Crippen LogP contribution in [0.3, 0.4) is 0 Å². The van der Waals surface area contributed by atoms with E-state index in [9.17, 15) is 10.2 Å². The summed E-state index contributed by atoms with van der Waals surface area (Å²) in [5, 5.41) is 22.3. The molecule has 0 saturated carbocycles. The molecule has 0 fully saturated rings. The van der Waals surface area contributed by atoms with Crippen LogP contribution >= 0.6 is 11.8 Å². The summed E-state index contributed by atoms with van der Waals surface area (Å²) in [4.78, 5) is 1.01. The van der Waals surface area contributed by atoms with Gasteiger partial charge in [-0.2, -0.15) is 0 Å². The number of hydrogen-bond acceptors (Lipinski definition) is 3. The van der Waals surface area contributed by atoms with E-state index in [2.05, 4.69) is 38.1 Å². The Morgan fingerprint density at radius 3 is 2.46 bits per heavy atom. The Kier molecular flexibility index (Phi) is 3.41. The van der Waals surface area contributed by atoms with Gasteiger partial charge in [0.2, 0.25) is 0 Å². The van der Waals surface area contributed by atoms with Crippen LogP contribution in [0.1, 0.15) is 30.5 Å². The van der Waals surface area contributed by atoms with Gasteiger partial charge in [-0.3, -0.25) is 0 Å². The van der Waals surface area contributed by atoms with E-state index in [1.165, 1.54) is 16.7 Å². The van der Waals surface area contributed by atoms with Crippen LogP contribution < -0.4 is 0 Å². The molecule has 1 aliphatic carbocycles. The molecule has 2 nitrogen and oxygen atoms in total. The number of phenols is 1. The van der Waals surface area contributed by atoms with Crippen molar-refractivity contribution in [1.29, 1.82) is 0 Å². The number of hydrogen-bond donors (Lipinski definition) is 2. The van der Waals surface area contributed by atoms with Crippen LogP contribution in [-0.4, -0.2) is 16.5 Å². The molecule has 1 aliphatic rings. The minimum absolute atomic E-state index is 0.00157. The van der Waals surface area contributed by atoms with Gasteiger partial charge in [-0.15, -0.1) is 11.8 Å². The molecule has 0 aliphatic heterocycles. The van der Waals surface area contributed by atoms with Crippen molar-refractivity contribution in [2.24, 2.45) is 0 Å².